The zero-order valence-corrected chi connectivity index (χ0v) is 36.5. The van der Waals surface area contributed by atoms with Crippen molar-refractivity contribution in [2.45, 2.75) is 19.3 Å². The standard InChI is InChI=1S/C63H46N2/c1-63(2)59-22-11-9-20-55(59)56-38-37-54(42-60(56)63)65-61-23-12-10-21-57(61)58-41-50(30-39-62(58)65)49-19-13-18-48(40-49)47-28-35-53(36-29-47)64(51-31-24-45(25-32-51)43-14-5-3-6-15-43)52-33-26-46(27-34-52)44-16-7-4-8-17-44/h3-42H,1-2H3. The zero-order chi connectivity index (χ0) is 43.5. The normalized spacial score (nSPS) is 12.6. The summed E-state index contributed by atoms with van der Waals surface area (Å²) in [6.07, 6.45) is 0. The van der Waals surface area contributed by atoms with Gasteiger partial charge in [0, 0.05) is 38.9 Å². The second kappa shape index (κ2) is 15.6. The molecule has 0 fully saturated rings. The van der Waals surface area contributed by atoms with Gasteiger partial charge in [-0.1, -0.05) is 184 Å². The minimum absolute atomic E-state index is 0.0667. The van der Waals surface area contributed by atoms with Gasteiger partial charge in [0.05, 0.1) is 11.0 Å². The molecule has 0 saturated heterocycles. The van der Waals surface area contributed by atoms with Crippen LogP contribution >= 0.6 is 0 Å². The van der Waals surface area contributed by atoms with E-state index in [1.165, 1.54) is 94.3 Å². The smallest absolute Gasteiger partial charge is 0.0541 e. The van der Waals surface area contributed by atoms with Gasteiger partial charge in [-0.15, -0.1) is 0 Å². The first-order valence-electron chi connectivity index (χ1n) is 22.6. The van der Waals surface area contributed by atoms with Crippen LogP contribution in [0.3, 0.4) is 0 Å². The highest BCUT2D eigenvalue weighted by molar-refractivity contribution is 6.10. The van der Waals surface area contributed by atoms with Crippen LogP contribution in [0.5, 0.6) is 0 Å². The summed E-state index contributed by atoms with van der Waals surface area (Å²) in [6.45, 7) is 4.71. The van der Waals surface area contributed by atoms with Crippen LogP contribution in [0, 0.1) is 0 Å². The van der Waals surface area contributed by atoms with Crippen molar-refractivity contribution in [2.24, 2.45) is 0 Å². The Morgan fingerprint density at radius 3 is 1.38 bits per heavy atom. The van der Waals surface area contributed by atoms with Gasteiger partial charge in [-0.05, 0) is 140 Å². The molecule has 1 aliphatic carbocycles. The molecule has 0 saturated carbocycles. The first kappa shape index (κ1) is 38.5. The largest absolute Gasteiger partial charge is 0.311 e. The maximum absolute atomic E-state index is 2.45. The molecule has 0 N–H and O–H groups in total. The number of anilines is 3. The van der Waals surface area contributed by atoms with Crippen LogP contribution in [-0.4, -0.2) is 4.57 Å². The molecule has 1 aromatic heterocycles. The molecule has 65 heavy (non-hydrogen) atoms. The third-order valence-electron chi connectivity index (χ3n) is 13.6. The third-order valence-corrected chi connectivity index (χ3v) is 13.6. The van der Waals surface area contributed by atoms with Gasteiger partial charge in [-0.25, -0.2) is 0 Å². The number of hydrogen-bond acceptors (Lipinski definition) is 1. The number of fused-ring (bicyclic) bond motifs is 6. The summed E-state index contributed by atoms with van der Waals surface area (Å²) >= 11 is 0. The molecule has 0 bridgehead atoms. The number of nitrogens with zero attached hydrogens (tertiary/aromatic N) is 2. The third kappa shape index (κ3) is 6.65. The van der Waals surface area contributed by atoms with Gasteiger partial charge in [-0.3, -0.25) is 0 Å². The summed E-state index contributed by atoms with van der Waals surface area (Å²) in [5.74, 6) is 0. The molecule has 1 heterocycles. The van der Waals surface area contributed by atoms with Gasteiger partial charge in [-0.2, -0.15) is 0 Å². The van der Waals surface area contributed by atoms with Gasteiger partial charge in [0.25, 0.3) is 0 Å². The molecular formula is C63H46N2. The SMILES string of the molecule is CC1(C)c2ccccc2-c2ccc(-n3c4ccccc4c4cc(-c5cccc(-c6ccc(N(c7ccc(-c8ccccc8)cc7)c7ccc(-c8ccccc8)cc7)cc6)c5)ccc43)cc21. The van der Waals surface area contributed by atoms with E-state index in [1.54, 1.807) is 0 Å². The summed E-state index contributed by atoms with van der Waals surface area (Å²) in [4.78, 5) is 2.35. The van der Waals surface area contributed by atoms with Crippen molar-refractivity contribution in [1.82, 2.24) is 4.57 Å². The Hall–Kier alpha value is -8.20. The van der Waals surface area contributed by atoms with Gasteiger partial charge in [0.15, 0.2) is 0 Å². The van der Waals surface area contributed by atoms with Gasteiger partial charge in [0.1, 0.15) is 0 Å². The summed E-state index contributed by atoms with van der Waals surface area (Å²) in [5, 5.41) is 2.51. The molecule has 2 nitrogen and oxygen atoms in total. The highest BCUT2D eigenvalue weighted by Gasteiger charge is 2.35. The van der Waals surface area contributed by atoms with Crippen LogP contribution in [0.1, 0.15) is 25.0 Å². The second-order valence-corrected chi connectivity index (χ2v) is 17.8. The summed E-state index contributed by atoms with van der Waals surface area (Å²) in [6, 6.07) is 88.7. The fourth-order valence-electron chi connectivity index (χ4n) is 10.3. The maximum atomic E-state index is 2.45. The molecule has 0 radical (unpaired) electrons. The van der Waals surface area contributed by atoms with Crippen LogP contribution < -0.4 is 4.90 Å². The van der Waals surface area contributed by atoms with E-state index in [9.17, 15) is 0 Å². The number of benzene rings is 10. The molecule has 2 heteroatoms. The van der Waals surface area contributed by atoms with Crippen LogP contribution in [0.25, 0.3) is 83.1 Å². The minimum Gasteiger partial charge on any atom is -0.311 e. The van der Waals surface area contributed by atoms with E-state index in [0.717, 1.165) is 17.1 Å². The van der Waals surface area contributed by atoms with Crippen LogP contribution in [0.4, 0.5) is 17.1 Å². The Balaban J connectivity index is 0.881. The summed E-state index contributed by atoms with van der Waals surface area (Å²) < 4.78 is 2.45. The molecule has 0 aliphatic heterocycles. The van der Waals surface area contributed by atoms with Gasteiger partial charge >= 0.3 is 0 Å². The molecule has 11 aromatic rings. The fourth-order valence-corrected chi connectivity index (χ4v) is 10.3. The number of hydrogen-bond donors (Lipinski definition) is 0. The van der Waals surface area contributed by atoms with E-state index in [2.05, 4.69) is 266 Å². The second-order valence-electron chi connectivity index (χ2n) is 17.8. The van der Waals surface area contributed by atoms with Crippen molar-refractivity contribution in [3.8, 4) is 61.3 Å². The Kier molecular flexibility index (Phi) is 9.21. The lowest BCUT2D eigenvalue weighted by Crippen LogP contribution is -2.15. The Morgan fingerprint density at radius 2 is 0.754 bits per heavy atom. The maximum Gasteiger partial charge on any atom is 0.0541 e. The molecule has 12 rings (SSSR count). The van der Waals surface area contributed by atoms with Gasteiger partial charge in [0.2, 0.25) is 0 Å². The summed E-state index contributed by atoms with van der Waals surface area (Å²) in [7, 11) is 0. The molecule has 10 aromatic carbocycles. The van der Waals surface area contributed by atoms with E-state index in [0.29, 0.717) is 0 Å². The first-order valence-corrected chi connectivity index (χ1v) is 22.6. The van der Waals surface area contributed by atoms with E-state index in [1.807, 2.05) is 0 Å². The van der Waals surface area contributed by atoms with Crippen LogP contribution in [0.15, 0.2) is 243 Å². The number of rotatable bonds is 8. The van der Waals surface area contributed by atoms with Crippen LogP contribution in [-0.2, 0) is 5.41 Å². The monoisotopic (exact) mass is 830 g/mol. The Labute approximate surface area is 381 Å². The van der Waals surface area contributed by atoms with E-state index in [4.69, 9.17) is 0 Å². The van der Waals surface area contributed by atoms with E-state index < -0.39 is 0 Å². The quantitative estimate of drug-likeness (QED) is 0.148. The Bertz CT molecular complexity index is 3440. The molecule has 0 unspecified atom stereocenters. The minimum atomic E-state index is -0.0667. The predicted molar refractivity (Wildman–Crippen MR) is 275 cm³/mol. The molecule has 1 aliphatic rings. The fraction of sp³-hybridized carbons (Fsp3) is 0.0476. The van der Waals surface area contributed by atoms with Crippen molar-refractivity contribution in [3.05, 3.63) is 254 Å². The molecule has 0 amide bonds. The lowest BCUT2D eigenvalue weighted by atomic mass is 9.82. The predicted octanol–water partition coefficient (Wildman–Crippen LogP) is 17.2. The zero-order valence-electron chi connectivity index (χ0n) is 36.5. The Morgan fingerprint density at radius 1 is 0.308 bits per heavy atom. The highest BCUT2D eigenvalue weighted by Crippen LogP contribution is 2.49. The molecule has 0 atom stereocenters. The van der Waals surface area contributed by atoms with Crippen LogP contribution in [0.2, 0.25) is 0 Å². The number of aromatic nitrogens is 1. The van der Waals surface area contributed by atoms with Crippen molar-refractivity contribution in [1.29, 1.82) is 0 Å². The van der Waals surface area contributed by atoms with Crippen molar-refractivity contribution >= 4 is 38.9 Å². The van der Waals surface area contributed by atoms with E-state index in [-0.39, 0.29) is 5.41 Å². The first-order chi connectivity index (χ1) is 32.0. The van der Waals surface area contributed by atoms with E-state index >= 15 is 0 Å². The molecular weight excluding hydrogens is 785 g/mol. The lowest BCUT2D eigenvalue weighted by molar-refractivity contribution is 0.660. The highest BCUT2D eigenvalue weighted by atomic mass is 15.1. The summed E-state index contributed by atoms with van der Waals surface area (Å²) in [5.41, 5.74) is 21.9. The average Bonchev–Trinajstić information content (AvgIpc) is 3.82. The molecule has 308 valence electrons. The molecule has 0 spiro atoms. The van der Waals surface area contributed by atoms with Crippen molar-refractivity contribution < 1.29 is 0 Å². The number of para-hydroxylation sites is 1. The van der Waals surface area contributed by atoms with Crippen molar-refractivity contribution in [3.63, 3.8) is 0 Å². The average molecular weight is 831 g/mol. The van der Waals surface area contributed by atoms with Crippen molar-refractivity contribution in [2.75, 3.05) is 4.90 Å². The van der Waals surface area contributed by atoms with Gasteiger partial charge < -0.3 is 9.47 Å². The lowest BCUT2D eigenvalue weighted by Gasteiger charge is -2.26. The topological polar surface area (TPSA) is 8.17 Å².